The lowest BCUT2D eigenvalue weighted by atomic mass is 10.1. The molecule has 1 aromatic heterocycles. The molecule has 0 radical (unpaired) electrons. The number of nitrogens with zero attached hydrogens (tertiary/aromatic N) is 2. The quantitative estimate of drug-likeness (QED) is 0.365. The molecule has 4 rings (SSSR count). The zero-order valence-electron chi connectivity index (χ0n) is 19.3. The molecule has 6 heteroatoms. The Morgan fingerprint density at radius 2 is 1.68 bits per heavy atom. The molecule has 0 fully saturated rings. The van der Waals surface area contributed by atoms with Crippen molar-refractivity contribution < 1.29 is 14.3 Å². The summed E-state index contributed by atoms with van der Waals surface area (Å²) in [7, 11) is 3.16. The Morgan fingerprint density at radius 3 is 2.38 bits per heavy atom. The van der Waals surface area contributed by atoms with Crippen LogP contribution in [0.3, 0.4) is 0 Å². The lowest BCUT2D eigenvalue weighted by Gasteiger charge is -2.09. The van der Waals surface area contributed by atoms with Crippen LogP contribution in [0.1, 0.15) is 16.7 Å². The maximum atomic E-state index is 12.6. The average Bonchev–Trinajstić information content (AvgIpc) is 3.29. The highest BCUT2D eigenvalue weighted by Gasteiger charge is 2.13. The maximum absolute atomic E-state index is 12.6. The van der Waals surface area contributed by atoms with Gasteiger partial charge in [0.25, 0.3) is 0 Å². The number of aromatic nitrogens is 2. The summed E-state index contributed by atoms with van der Waals surface area (Å²) in [5.74, 6) is 0.991. The topological polar surface area (TPSA) is 65.4 Å². The number of hydrogen-bond acceptors (Lipinski definition) is 4. The van der Waals surface area contributed by atoms with E-state index in [0.717, 1.165) is 27.9 Å². The van der Waals surface area contributed by atoms with E-state index in [1.54, 1.807) is 20.3 Å². The van der Waals surface area contributed by atoms with Crippen LogP contribution >= 0.6 is 0 Å². The van der Waals surface area contributed by atoms with E-state index in [-0.39, 0.29) is 5.91 Å². The third-order valence-electron chi connectivity index (χ3n) is 5.37. The Bertz CT molecular complexity index is 1260. The summed E-state index contributed by atoms with van der Waals surface area (Å²) in [6.45, 7) is 1.02. The van der Waals surface area contributed by atoms with Crippen molar-refractivity contribution in [3.05, 3.63) is 108 Å². The Balaban J connectivity index is 1.50. The van der Waals surface area contributed by atoms with E-state index in [9.17, 15) is 4.79 Å². The second kappa shape index (κ2) is 11.0. The minimum absolute atomic E-state index is 0.209. The monoisotopic (exact) mass is 453 g/mol. The minimum Gasteiger partial charge on any atom is -0.493 e. The van der Waals surface area contributed by atoms with Gasteiger partial charge in [-0.2, -0.15) is 5.10 Å². The van der Waals surface area contributed by atoms with E-state index >= 15 is 0 Å². The summed E-state index contributed by atoms with van der Waals surface area (Å²) >= 11 is 0. The number of amides is 1. The Hall–Kier alpha value is -4.32. The molecule has 4 aromatic rings. The van der Waals surface area contributed by atoms with Crippen molar-refractivity contribution in [2.24, 2.45) is 0 Å². The van der Waals surface area contributed by atoms with Gasteiger partial charge in [0.05, 0.1) is 26.5 Å². The standard InChI is InChI=1S/C28H27N3O3/c1-33-25-15-9-14-23(28(25)34-2)16-17-26(32)29-18-24-20-31(19-21-10-5-3-6-11-21)30-27(24)22-12-7-4-8-13-22/h3-17,20H,18-19H2,1-2H3,(H,29,32)/b17-16+. The molecular formula is C28H27N3O3. The number of methoxy groups -OCH3 is 2. The fourth-order valence-corrected chi connectivity index (χ4v) is 3.73. The molecule has 0 bridgehead atoms. The highest BCUT2D eigenvalue weighted by Crippen LogP contribution is 2.31. The number of ether oxygens (including phenoxy) is 2. The average molecular weight is 454 g/mol. The fourth-order valence-electron chi connectivity index (χ4n) is 3.73. The van der Waals surface area contributed by atoms with Gasteiger partial charge < -0.3 is 14.8 Å². The lowest BCUT2D eigenvalue weighted by molar-refractivity contribution is -0.116. The van der Waals surface area contributed by atoms with Gasteiger partial charge in [0.1, 0.15) is 0 Å². The van der Waals surface area contributed by atoms with E-state index in [2.05, 4.69) is 17.4 Å². The summed E-state index contributed by atoms with van der Waals surface area (Å²) in [5.41, 5.74) is 4.74. The predicted molar refractivity (Wildman–Crippen MR) is 134 cm³/mol. The van der Waals surface area contributed by atoms with Crippen LogP contribution in [-0.2, 0) is 17.9 Å². The van der Waals surface area contributed by atoms with E-state index in [1.165, 1.54) is 6.08 Å². The molecule has 1 heterocycles. The number of carbonyl (C=O) groups excluding carboxylic acids is 1. The van der Waals surface area contributed by atoms with Crippen LogP contribution in [0, 0.1) is 0 Å². The molecule has 1 N–H and O–H groups in total. The molecule has 1 amide bonds. The van der Waals surface area contributed by atoms with Gasteiger partial charge in [0.15, 0.2) is 11.5 Å². The molecule has 0 saturated heterocycles. The first-order valence-electron chi connectivity index (χ1n) is 11.0. The third kappa shape index (κ3) is 5.53. The van der Waals surface area contributed by atoms with Crippen LogP contribution < -0.4 is 14.8 Å². The first kappa shape index (κ1) is 22.9. The summed E-state index contributed by atoms with van der Waals surface area (Å²) < 4.78 is 12.7. The van der Waals surface area contributed by atoms with Crippen LogP contribution in [0.15, 0.2) is 91.1 Å². The smallest absolute Gasteiger partial charge is 0.244 e. The molecule has 0 aliphatic carbocycles. The zero-order chi connectivity index (χ0) is 23.8. The number of benzene rings is 3. The van der Waals surface area contributed by atoms with Crippen molar-refractivity contribution in [1.29, 1.82) is 0 Å². The maximum Gasteiger partial charge on any atom is 0.244 e. The normalized spacial score (nSPS) is 10.9. The van der Waals surface area contributed by atoms with Crippen molar-refractivity contribution in [2.45, 2.75) is 13.1 Å². The predicted octanol–water partition coefficient (Wildman–Crippen LogP) is 4.95. The largest absolute Gasteiger partial charge is 0.493 e. The van der Waals surface area contributed by atoms with Crippen molar-refractivity contribution in [3.8, 4) is 22.8 Å². The van der Waals surface area contributed by atoms with Gasteiger partial charge in [0, 0.05) is 35.5 Å². The van der Waals surface area contributed by atoms with E-state index in [4.69, 9.17) is 14.6 Å². The molecule has 34 heavy (non-hydrogen) atoms. The Labute approximate surface area is 199 Å². The Kier molecular flexibility index (Phi) is 7.40. The minimum atomic E-state index is -0.209. The summed E-state index contributed by atoms with van der Waals surface area (Å²) in [5, 5.41) is 7.78. The number of para-hydroxylation sites is 1. The fraction of sp³-hybridized carbons (Fsp3) is 0.143. The van der Waals surface area contributed by atoms with Crippen LogP contribution in [0.5, 0.6) is 11.5 Å². The number of hydrogen-bond donors (Lipinski definition) is 1. The van der Waals surface area contributed by atoms with E-state index < -0.39 is 0 Å². The summed E-state index contributed by atoms with van der Waals surface area (Å²) in [4.78, 5) is 12.6. The molecule has 6 nitrogen and oxygen atoms in total. The van der Waals surface area contributed by atoms with Gasteiger partial charge in [-0.3, -0.25) is 9.48 Å². The van der Waals surface area contributed by atoms with Gasteiger partial charge in [-0.05, 0) is 17.7 Å². The number of carbonyl (C=O) groups is 1. The second-order valence-corrected chi connectivity index (χ2v) is 7.69. The SMILES string of the molecule is COc1cccc(/C=C/C(=O)NCc2cn(Cc3ccccc3)nc2-c2ccccc2)c1OC. The molecule has 0 spiro atoms. The molecule has 3 aromatic carbocycles. The van der Waals surface area contributed by atoms with Crippen LogP contribution in [0.2, 0.25) is 0 Å². The first-order valence-corrected chi connectivity index (χ1v) is 11.0. The number of nitrogens with one attached hydrogen (secondary N) is 1. The van der Waals surface area contributed by atoms with Gasteiger partial charge in [0.2, 0.25) is 5.91 Å². The molecule has 0 aliphatic rings. The highest BCUT2D eigenvalue weighted by atomic mass is 16.5. The highest BCUT2D eigenvalue weighted by molar-refractivity contribution is 5.92. The van der Waals surface area contributed by atoms with Crippen LogP contribution in [0.25, 0.3) is 17.3 Å². The van der Waals surface area contributed by atoms with Crippen LogP contribution in [-0.4, -0.2) is 29.9 Å². The molecular weight excluding hydrogens is 426 g/mol. The van der Waals surface area contributed by atoms with E-state index in [0.29, 0.717) is 24.6 Å². The van der Waals surface area contributed by atoms with E-state index in [1.807, 2.05) is 77.6 Å². The van der Waals surface area contributed by atoms with Crippen molar-refractivity contribution in [1.82, 2.24) is 15.1 Å². The van der Waals surface area contributed by atoms with Gasteiger partial charge >= 0.3 is 0 Å². The van der Waals surface area contributed by atoms with Crippen molar-refractivity contribution in [2.75, 3.05) is 14.2 Å². The molecule has 172 valence electrons. The number of rotatable bonds is 9. The lowest BCUT2D eigenvalue weighted by Crippen LogP contribution is -2.20. The second-order valence-electron chi connectivity index (χ2n) is 7.69. The third-order valence-corrected chi connectivity index (χ3v) is 5.37. The summed E-state index contributed by atoms with van der Waals surface area (Å²) in [6, 6.07) is 25.7. The molecule has 0 unspecified atom stereocenters. The first-order chi connectivity index (χ1) is 16.7. The molecule has 0 aliphatic heterocycles. The van der Waals surface area contributed by atoms with Gasteiger partial charge in [-0.25, -0.2) is 0 Å². The van der Waals surface area contributed by atoms with Gasteiger partial charge in [-0.1, -0.05) is 72.8 Å². The van der Waals surface area contributed by atoms with Gasteiger partial charge in [-0.15, -0.1) is 0 Å². The van der Waals surface area contributed by atoms with Crippen LogP contribution in [0.4, 0.5) is 0 Å². The summed E-state index contributed by atoms with van der Waals surface area (Å²) in [6.07, 6.45) is 5.20. The molecule has 0 saturated carbocycles. The van der Waals surface area contributed by atoms with Crippen molar-refractivity contribution >= 4 is 12.0 Å². The zero-order valence-corrected chi connectivity index (χ0v) is 19.3. The van der Waals surface area contributed by atoms with Crippen molar-refractivity contribution in [3.63, 3.8) is 0 Å². The molecule has 0 atom stereocenters. The Morgan fingerprint density at radius 1 is 0.941 bits per heavy atom.